The molecule has 2 aromatic rings. The smallest absolute Gasteiger partial charge is 0.287 e. The molecule has 7 heteroatoms. The van der Waals surface area contributed by atoms with E-state index in [0.717, 1.165) is 0 Å². The zero-order valence-electron chi connectivity index (χ0n) is 12.5. The van der Waals surface area contributed by atoms with Crippen LogP contribution < -0.4 is 4.90 Å². The third kappa shape index (κ3) is 3.72. The fraction of sp³-hybridized carbons (Fsp3) is 0.294. The summed E-state index contributed by atoms with van der Waals surface area (Å²) >= 11 is 0. The first kappa shape index (κ1) is 16.4. The van der Waals surface area contributed by atoms with Gasteiger partial charge in [-0.1, -0.05) is 18.2 Å². The van der Waals surface area contributed by atoms with Gasteiger partial charge in [0.25, 0.3) is 0 Å². The molecule has 1 aliphatic rings. The Morgan fingerprint density at radius 2 is 2.00 bits per heavy atom. The number of carbonyl (C=O) groups excluding carboxylic acids is 1. The predicted octanol–water partition coefficient (Wildman–Crippen LogP) is 3.92. The summed E-state index contributed by atoms with van der Waals surface area (Å²) in [5.74, 6) is -1.95. The molecule has 0 aliphatic heterocycles. The molecule has 1 aromatic heterocycles. The van der Waals surface area contributed by atoms with Gasteiger partial charge in [0.15, 0.2) is 0 Å². The van der Waals surface area contributed by atoms with Gasteiger partial charge in [-0.2, -0.15) is 13.2 Å². The highest BCUT2D eigenvalue weighted by molar-refractivity contribution is 5.96. The number of alkyl halides is 3. The molecule has 0 bridgehead atoms. The van der Waals surface area contributed by atoms with Gasteiger partial charge >= 0.3 is 6.18 Å². The first-order valence-corrected chi connectivity index (χ1v) is 7.40. The zero-order chi connectivity index (χ0) is 17.3. The maximum absolute atomic E-state index is 13.3. The first-order chi connectivity index (χ1) is 11.3. The van der Waals surface area contributed by atoms with Gasteiger partial charge in [0.2, 0.25) is 5.91 Å². The summed E-state index contributed by atoms with van der Waals surface area (Å²) in [5, 5.41) is 0. The van der Waals surface area contributed by atoms with E-state index in [0.29, 0.717) is 16.9 Å². The molecule has 1 saturated carbocycles. The summed E-state index contributed by atoms with van der Waals surface area (Å²) in [6.45, 7) is -1.39. The summed E-state index contributed by atoms with van der Waals surface area (Å²) in [5.41, 5.74) is 0.626. The first-order valence-electron chi connectivity index (χ1n) is 7.40. The van der Waals surface area contributed by atoms with Gasteiger partial charge in [0, 0.05) is 12.1 Å². The molecule has 1 aliphatic carbocycles. The Morgan fingerprint density at radius 3 is 2.62 bits per heavy atom. The van der Waals surface area contributed by atoms with Gasteiger partial charge in [-0.3, -0.25) is 9.69 Å². The van der Waals surface area contributed by atoms with E-state index in [-0.39, 0.29) is 11.7 Å². The number of aromatic nitrogens is 1. The zero-order valence-corrected chi connectivity index (χ0v) is 12.5. The monoisotopic (exact) mass is 338 g/mol. The number of amides is 1. The fourth-order valence-corrected chi connectivity index (χ4v) is 2.74. The van der Waals surface area contributed by atoms with Crippen LogP contribution in [0.1, 0.15) is 17.9 Å². The van der Waals surface area contributed by atoms with Crippen molar-refractivity contribution >= 4 is 11.7 Å². The van der Waals surface area contributed by atoms with E-state index >= 15 is 0 Å². The molecule has 24 heavy (non-hydrogen) atoms. The van der Waals surface area contributed by atoms with E-state index in [2.05, 4.69) is 4.98 Å². The van der Waals surface area contributed by atoms with Crippen LogP contribution >= 0.6 is 0 Å². The Kier molecular flexibility index (Phi) is 4.26. The number of carbonyl (C=O) groups is 1. The minimum absolute atomic E-state index is 0.0373. The van der Waals surface area contributed by atoms with Crippen molar-refractivity contribution in [1.29, 1.82) is 0 Å². The van der Waals surface area contributed by atoms with Gasteiger partial charge in [0.05, 0.1) is 0 Å². The number of anilines is 1. The summed E-state index contributed by atoms with van der Waals surface area (Å²) < 4.78 is 51.8. The topological polar surface area (TPSA) is 33.2 Å². The Bertz CT molecular complexity index is 733. The van der Waals surface area contributed by atoms with E-state index < -0.39 is 30.4 Å². The average molecular weight is 338 g/mol. The Morgan fingerprint density at radius 1 is 1.21 bits per heavy atom. The summed E-state index contributed by atoms with van der Waals surface area (Å²) in [6.07, 6.45) is -2.79. The summed E-state index contributed by atoms with van der Waals surface area (Å²) in [4.78, 5) is 17.1. The maximum atomic E-state index is 13.3. The SMILES string of the molecule is O=C([C@@H]1C[C@H]1c1cccc(F)c1)N(CC(F)(F)F)c1ccccn1. The van der Waals surface area contributed by atoms with Gasteiger partial charge in [-0.15, -0.1) is 0 Å². The second-order valence-corrected chi connectivity index (χ2v) is 5.73. The lowest BCUT2D eigenvalue weighted by Gasteiger charge is -2.23. The normalized spacial score (nSPS) is 19.8. The highest BCUT2D eigenvalue weighted by Gasteiger charge is 2.48. The second kappa shape index (κ2) is 6.22. The fourth-order valence-electron chi connectivity index (χ4n) is 2.74. The van der Waals surface area contributed by atoms with Crippen molar-refractivity contribution < 1.29 is 22.4 Å². The Labute approximate surface area is 135 Å². The molecule has 126 valence electrons. The molecule has 1 amide bonds. The molecule has 0 saturated heterocycles. The molecule has 1 heterocycles. The van der Waals surface area contributed by atoms with E-state index in [9.17, 15) is 22.4 Å². The van der Waals surface area contributed by atoms with Crippen LogP contribution in [0.25, 0.3) is 0 Å². The minimum atomic E-state index is -4.53. The Hall–Kier alpha value is -2.44. The molecule has 1 fully saturated rings. The van der Waals surface area contributed by atoms with Crippen molar-refractivity contribution in [2.45, 2.75) is 18.5 Å². The van der Waals surface area contributed by atoms with Crippen LogP contribution in [-0.4, -0.2) is 23.6 Å². The van der Waals surface area contributed by atoms with E-state index in [4.69, 9.17) is 0 Å². The van der Waals surface area contributed by atoms with Gasteiger partial charge in [-0.25, -0.2) is 9.37 Å². The number of nitrogens with zero attached hydrogens (tertiary/aromatic N) is 2. The molecule has 0 unspecified atom stereocenters. The van der Waals surface area contributed by atoms with Crippen LogP contribution in [0.4, 0.5) is 23.4 Å². The lowest BCUT2D eigenvalue weighted by molar-refractivity contribution is -0.133. The molecule has 0 radical (unpaired) electrons. The number of pyridine rings is 1. The van der Waals surface area contributed by atoms with Crippen molar-refractivity contribution in [3.8, 4) is 0 Å². The van der Waals surface area contributed by atoms with Crippen molar-refractivity contribution in [2.24, 2.45) is 5.92 Å². The highest BCUT2D eigenvalue weighted by Crippen LogP contribution is 2.49. The lowest BCUT2D eigenvalue weighted by atomic mass is 10.1. The molecule has 0 spiro atoms. The quantitative estimate of drug-likeness (QED) is 0.792. The van der Waals surface area contributed by atoms with E-state index in [1.165, 1.54) is 36.5 Å². The molecule has 1 aromatic carbocycles. The van der Waals surface area contributed by atoms with Gasteiger partial charge in [-0.05, 0) is 42.2 Å². The largest absolute Gasteiger partial charge is 0.406 e. The van der Waals surface area contributed by atoms with Crippen LogP contribution in [0.3, 0.4) is 0 Å². The standard InChI is InChI=1S/C17H14F4N2O/c18-12-5-3-4-11(8-12)13-9-14(13)16(24)23(10-17(19,20)21)15-6-1-2-7-22-15/h1-8,13-14H,9-10H2/t13-,14+/m0/s1. The van der Waals surface area contributed by atoms with Crippen LogP contribution in [0.5, 0.6) is 0 Å². The predicted molar refractivity (Wildman–Crippen MR) is 79.9 cm³/mol. The molecular formula is C17H14F4N2O. The third-order valence-electron chi connectivity index (χ3n) is 3.91. The van der Waals surface area contributed by atoms with Gasteiger partial charge < -0.3 is 0 Å². The van der Waals surface area contributed by atoms with Crippen LogP contribution in [0.2, 0.25) is 0 Å². The van der Waals surface area contributed by atoms with Crippen molar-refractivity contribution in [3.05, 3.63) is 60.0 Å². The van der Waals surface area contributed by atoms with Crippen LogP contribution in [0, 0.1) is 11.7 Å². The van der Waals surface area contributed by atoms with Crippen molar-refractivity contribution in [2.75, 3.05) is 11.4 Å². The minimum Gasteiger partial charge on any atom is -0.287 e. The van der Waals surface area contributed by atoms with Crippen molar-refractivity contribution in [1.82, 2.24) is 4.98 Å². The number of rotatable bonds is 4. The molecule has 3 nitrogen and oxygen atoms in total. The average Bonchev–Trinajstić information content (AvgIpc) is 3.33. The molecule has 0 N–H and O–H groups in total. The number of halogens is 4. The maximum Gasteiger partial charge on any atom is 0.406 e. The summed E-state index contributed by atoms with van der Waals surface area (Å²) in [7, 11) is 0. The van der Waals surface area contributed by atoms with E-state index in [1.54, 1.807) is 12.1 Å². The Balaban J connectivity index is 1.80. The molecule has 2 atom stereocenters. The third-order valence-corrected chi connectivity index (χ3v) is 3.91. The molecular weight excluding hydrogens is 324 g/mol. The van der Waals surface area contributed by atoms with Crippen LogP contribution in [0.15, 0.2) is 48.7 Å². The number of hydrogen-bond donors (Lipinski definition) is 0. The summed E-state index contributed by atoms with van der Waals surface area (Å²) in [6, 6.07) is 10.2. The van der Waals surface area contributed by atoms with Crippen molar-refractivity contribution in [3.63, 3.8) is 0 Å². The van der Waals surface area contributed by atoms with Gasteiger partial charge in [0.1, 0.15) is 18.2 Å². The number of benzene rings is 1. The number of hydrogen-bond acceptors (Lipinski definition) is 2. The van der Waals surface area contributed by atoms with E-state index in [1.807, 2.05) is 0 Å². The van der Waals surface area contributed by atoms with Crippen LogP contribution in [-0.2, 0) is 4.79 Å². The highest BCUT2D eigenvalue weighted by atomic mass is 19.4. The lowest BCUT2D eigenvalue weighted by Crippen LogP contribution is -2.40. The second-order valence-electron chi connectivity index (χ2n) is 5.73. The molecule has 3 rings (SSSR count).